The van der Waals surface area contributed by atoms with Gasteiger partial charge >= 0.3 is 6.18 Å². The van der Waals surface area contributed by atoms with Gasteiger partial charge in [0.15, 0.2) is 0 Å². The van der Waals surface area contributed by atoms with Gasteiger partial charge in [-0.2, -0.15) is 13.2 Å². The first-order chi connectivity index (χ1) is 17.1. The zero-order valence-corrected chi connectivity index (χ0v) is 19.7. The molecule has 2 heterocycles. The van der Waals surface area contributed by atoms with Crippen molar-refractivity contribution in [1.82, 2.24) is 15.5 Å². The number of ether oxygens (including phenoxy) is 1. The molecule has 11 heteroatoms. The molecule has 2 aromatic rings. The lowest BCUT2D eigenvalue weighted by Crippen LogP contribution is -2.44. The van der Waals surface area contributed by atoms with Gasteiger partial charge in [-0.25, -0.2) is 0 Å². The van der Waals surface area contributed by atoms with Crippen LogP contribution in [-0.2, 0) is 15.8 Å². The molecule has 2 aliphatic rings. The number of halogens is 3. The Kier molecular flexibility index (Phi) is 7.48. The Labute approximate surface area is 206 Å². The average molecular weight is 505 g/mol. The van der Waals surface area contributed by atoms with E-state index in [9.17, 15) is 27.6 Å². The zero-order valence-electron chi connectivity index (χ0n) is 19.7. The maximum absolute atomic E-state index is 12.8. The third kappa shape index (κ3) is 5.96. The van der Waals surface area contributed by atoms with Crippen LogP contribution in [0.4, 0.5) is 18.9 Å². The van der Waals surface area contributed by atoms with Crippen molar-refractivity contribution in [2.45, 2.75) is 31.1 Å². The van der Waals surface area contributed by atoms with Crippen molar-refractivity contribution in [3.63, 3.8) is 0 Å². The second kappa shape index (κ2) is 10.6. The van der Waals surface area contributed by atoms with E-state index in [0.29, 0.717) is 31.7 Å². The Bertz CT molecular complexity index is 1120. The number of carbonyl (C=O) groups is 3. The molecule has 0 bridgehead atoms. The van der Waals surface area contributed by atoms with Gasteiger partial charge in [0, 0.05) is 49.4 Å². The Morgan fingerprint density at radius 1 is 1.11 bits per heavy atom. The fourth-order valence-corrected chi connectivity index (χ4v) is 4.56. The molecule has 8 nitrogen and oxygen atoms in total. The lowest BCUT2D eigenvalue weighted by Gasteiger charge is -2.24. The minimum Gasteiger partial charge on any atom is -0.497 e. The molecule has 36 heavy (non-hydrogen) atoms. The van der Waals surface area contributed by atoms with Crippen molar-refractivity contribution in [3.05, 3.63) is 59.7 Å². The molecule has 0 radical (unpaired) electrons. The molecule has 0 saturated carbocycles. The highest BCUT2D eigenvalue weighted by atomic mass is 19.4. The van der Waals surface area contributed by atoms with Crippen molar-refractivity contribution in [3.8, 4) is 5.75 Å². The largest absolute Gasteiger partial charge is 0.497 e. The predicted molar refractivity (Wildman–Crippen MR) is 126 cm³/mol. The summed E-state index contributed by atoms with van der Waals surface area (Å²) in [4.78, 5) is 41.0. The minimum absolute atomic E-state index is 0.0297. The van der Waals surface area contributed by atoms with E-state index >= 15 is 0 Å². The summed E-state index contributed by atoms with van der Waals surface area (Å²) < 4.78 is 43.7. The predicted octanol–water partition coefficient (Wildman–Crippen LogP) is 2.44. The first-order valence-electron chi connectivity index (χ1n) is 11.6. The second-order valence-corrected chi connectivity index (χ2v) is 8.87. The van der Waals surface area contributed by atoms with Gasteiger partial charge in [0.05, 0.1) is 19.2 Å². The topological polar surface area (TPSA) is 91.0 Å². The molecule has 3 amide bonds. The molecule has 2 saturated heterocycles. The van der Waals surface area contributed by atoms with Crippen LogP contribution in [-0.4, -0.2) is 68.0 Å². The van der Waals surface area contributed by atoms with Crippen LogP contribution in [0.2, 0.25) is 0 Å². The fraction of sp³-hybridized carbons (Fsp3) is 0.400. The molecule has 2 N–H and O–H groups in total. The number of alkyl halides is 3. The Balaban J connectivity index is 1.24. The van der Waals surface area contributed by atoms with Gasteiger partial charge in [0.1, 0.15) is 5.75 Å². The molecule has 0 aliphatic carbocycles. The summed E-state index contributed by atoms with van der Waals surface area (Å²) in [5.74, 6) is -0.432. The molecule has 2 atom stereocenters. The number of amides is 3. The number of likely N-dealkylation sites (tertiary alicyclic amines) is 1. The number of nitrogens with zero attached hydrogens (tertiary/aromatic N) is 2. The molecule has 2 fully saturated rings. The van der Waals surface area contributed by atoms with E-state index in [1.54, 1.807) is 12.0 Å². The molecule has 192 valence electrons. The van der Waals surface area contributed by atoms with E-state index in [2.05, 4.69) is 15.5 Å². The Hall–Kier alpha value is -3.60. The normalized spacial score (nSPS) is 20.4. The van der Waals surface area contributed by atoms with Crippen LogP contribution in [0, 0.1) is 0 Å². The van der Waals surface area contributed by atoms with Crippen LogP contribution in [0.25, 0.3) is 0 Å². The van der Waals surface area contributed by atoms with Crippen LogP contribution in [0.5, 0.6) is 5.75 Å². The van der Waals surface area contributed by atoms with Crippen LogP contribution in [0.15, 0.2) is 48.5 Å². The van der Waals surface area contributed by atoms with E-state index in [4.69, 9.17) is 4.74 Å². The monoisotopic (exact) mass is 504 g/mol. The number of rotatable bonds is 7. The first-order valence-corrected chi connectivity index (χ1v) is 11.6. The maximum Gasteiger partial charge on any atom is 0.416 e. The molecule has 4 rings (SSSR count). The first kappa shape index (κ1) is 25.5. The lowest BCUT2D eigenvalue weighted by atomic mass is 10.1. The Morgan fingerprint density at radius 3 is 2.56 bits per heavy atom. The second-order valence-electron chi connectivity index (χ2n) is 8.87. The standard InChI is InChI=1S/C25H27F3N4O4/c1-36-21-7-5-19(6-8-21)32-15-20(12-23(32)34)31-10-9-18(14-31)30-22(33)13-29-24(35)16-3-2-4-17(11-16)25(26,27)28/h2-8,11,18,20H,9-10,12-15H2,1H3,(H,29,35)(H,30,33)/t18-,20?/m1/s1. The number of nitrogens with one attached hydrogen (secondary N) is 2. The third-order valence-corrected chi connectivity index (χ3v) is 6.45. The van der Waals surface area contributed by atoms with Crippen molar-refractivity contribution in [1.29, 1.82) is 0 Å². The summed E-state index contributed by atoms with van der Waals surface area (Å²) in [7, 11) is 1.58. The summed E-state index contributed by atoms with van der Waals surface area (Å²) in [5, 5.41) is 5.22. The van der Waals surface area contributed by atoms with Gasteiger partial charge in [-0.1, -0.05) is 6.07 Å². The van der Waals surface area contributed by atoms with Gasteiger partial charge in [-0.05, 0) is 48.9 Å². The van der Waals surface area contributed by atoms with Crippen LogP contribution in [0.3, 0.4) is 0 Å². The number of methoxy groups -OCH3 is 1. The molecular weight excluding hydrogens is 477 g/mol. The maximum atomic E-state index is 12.8. The highest BCUT2D eigenvalue weighted by Gasteiger charge is 2.37. The van der Waals surface area contributed by atoms with Crippen molar-refractivity contribution in [2.24, 2.45) is 0 Å². The Morgan fingerprint density at radius 2 is 1.86 bits per heavy atom. The van der Waals surface area contributed by atoms with E-state index in [-0.39, 0.29) is 30.1 Å². The molecule has 2 aliphatic heterocycles. The summed E-state index contributed by atoms with van der Waals surface area (Å²) >= 11 is 0. The smallest absolute Gasteiger partial charge is 0.416 e. The van der Waals surface area contributed by atoms with Crippen molar-refractivity contribution in [2.75, 3.05) is 38.2 Å². The number of carbonyl (C=O) groups excluding carboxylic acids is 3. The number of hydrogen-bond donors (Lipinski definition) is 2. The molecule has 2 aromatic carbocycles. The third-order valence-electron chi connectivity index (χ3n) is 6.45. The van der Waals surface area contributed by atoms with E-state index in [1.165, 1.54) is 6.07 Å². The fourth-order valence-electron chi connectivity index (χ4n) is 4.56. The summed E-state index contributed by atoms with van der Waals surface area (Å²) in [5.41, 5.74) is -0.289. The molecular formula is C25H27F3N4O4. The lowest BCUT2D eigenvalue weighted by molar-refractivity contribution is -0.137. The summed E-state index contributed by atoms with van der Waals surface area (Å²) in [6, 6.07) is 11.2. The van der Waals surface area contributed by atoms with Gasteiger partial charge in [-0.15, -0.1) is 0 Å². The van der Waals surface area contributed by atoms with Gasteiger partial charge < -0.3 is 20.3 Å². The van der Waals surface area contributed by atoms with Crippen LogP contribution < -0.4 is 20.3 Å². The van der Waals surface area contributed by atoms with E-state index in [0.717, 1.165) is 30.4 Å². The summed E-state index contributed by atoms with van der Waals surface area (Å²) in [6.07, 6.45) is -3.47. The SMILES string of the molecule is COc1ccc(N2CC(N3CC[C@@H](NC(=O)CNC(=O)c4cccc(C(F)(F)F)c4)C3)CC2=O)cc1. The van der Waals surface area contributed by atoms with Gasteiger partial charge in [-0.3, -0.25) is 19.3 Å². The summed E-state index contributed by atoms with van der Waals surface area (Å²) in [6.45, 7) is 1.50. The minimum atomic E-state index is -4.56. The van der Waals surface area contributed by atoms with Crippen molar-refractivity contribution >= 4 is 23.4 Å². The molecule has 1 unspecified atom stereocenters. The highest BCUT2D eigenvalue weighted by molar-refractivity contribution is 5.97. The number of benzene rings is 2. The van der Waals surface area contributed by atoms with Crippen molar-refractivity contribution < 1.29 is 32.3 Å². The van der Waals surface area contributed by atoms with E-state index < -0.39 is 23.6 Å². The van der Waals surface area contributed by atoms with Gasteiger partial charge in [0.25, 0.3) is 5.91 Å². The van der Waals surface area contributed by atoms with Gasteiger partial charge in [0.2, 0.25) is 11.8 Å². The van der Waals surface area contributed by atoms with E-state index in [1.807, 2.05) is 24.3 Å². The average Bonchev–Trinajstić information content (AvgIpc) is 3.48. The number of hydrogen-bond acceptors (Lipinski definition) is 5. The number of anilines is 1. The molecule has 0 aromatic heterocycles. The van der Waals surface area contributed by atoms with Crippen LogP contribution >= 0.6 is 0 Å². The quantitative estimate of drug-likeness (QED) is 0.605. The van der Waals surface area contributed by atoms with Crippen LogP contribution in [0.1, 0.15) is 28.8 Å². The zero-order chi connectivity index (χ0) is 25.9. The molecule has 0 spiro atoms. The highest BCUT2D eigenvalue weighted by Crippen LogP contribution is 2.30.